The predicted octanol–water partition coefficient (Wildman–Crippen LogP) is 7.81. The van der Waals surface area contributed by atoms with E-state index in [-0.39, 0.29) is 115 Å². The quantitative estimate of drug-likeness (QED) is 0.0287. The molecule has 6 aliphatic heterocycles. The fraction of sp³-hybridized carbons (Fsp3) is 0.375. The fourth-order valence-electron chi connectivity index (χ4n) is 13.8. The zero-order valence-electron chi connectivity index (χ0n) is 61.8. The number of nitrogens with one attached hydrogen (secondary N) is 9. The maximum Gasteiger partial charge on any atom is 0.248 e. The number of halogens is 2. The number of nitrogens with two attached hydrogens (primary N) is 2. The molecular weight excluding hydrogens is 1490 g/mol. The maximum atomic E-state index is 16.2. The number of unbranched alkanes of at least 4 members (excludes halogenated alkanes) is 8. The lowest BCUT2D eigenvalue weighted by Crippen LogP contribution is -2.56. The minimum Gasteiger partial charge on any atom is -0.508 e. The van der Waals surface area contributed by atoms with Crippen LogP contribution >= 0.6 is 23.2 Å². The van der Waals surface area contributed by atoms with E-state index in [4.69, 9.17) is 48.9 Å². The Hall–Kier alpha value is -11.1. The number of phenols is 6. The lowest BCUT2D eigenvalue weighted by atomic mass is 9.87. The Bertz CT molecular complexity index is 4720. The van der Waals surface area contributed by atoms with E-state index in [1.165, 1.54) is 98.5 Å². The van der Waals surface area contributed by atoms with E-state index in [0.717, 1.165) is 62.1 Å². The number of phenolic OH excluding ortho intramolecular Hbond substituents is 6. The van der Waals surface area contributed by atoms with Gasteiger partial charge in [0.15, 0.2) is 23.0 Å². The molecule has 32 heteroatoms. The molecule has 13 rings (SSSR count). The SMILES string of the molecule is CCCCCCCCCCNC(=O)C(N)CCCCNCc1c(O)cc2c(c1O)-c1cc(ccc1O)[C@H]1NC(=O)[C@@H]3NC(=O)[C@H]4NC(=O)[C@@H](Cc5ccc(c(Cl)c5)Oc5cc3cc(c5O)Oc3ccc(cc3Cl)[C@@H](O)[C@H](NC1=O)C(=O)N[C@@H]2C(=O)NCCCN(C)C)NC(=O)[C@H](N)c1ccc(O)c(c1)Oc1cc(O)cc4c1. The number of carbonyl (C=O) groups is 8. The summed E-state index contributed by atoms with van der Waals surface area (Å²) in [6, 6.07) is 7.56. The largest absolute Gasteiger partial charge is 0.508 e. The molecule has 0 aromatic heterocycles. The molecule has 8 amide bonds. The third-order valence-corrected chi connectivity index (χ3v) is 20.5. The highest BCUT2D eigenvalue weighted by Crippen LogP contribution is 2.49. The summed E-state index contributed by atoms with van der Waals surface area (Å²) in [5, 5.41) is 109. The Morgan fingerprint density at radius 3 is 1.83 bits per heavy atom. The first kappa shape index (κ1) is 81.9. The van der Waals surface area contributed by atoms with Crippen molar-refractivity contribution in [1.29, 1.82) is 0 Å². The van der Waals surface area contributed by atoms with Gasteiger partial charge in [-0.1, -0.05) is 106 Å². The molecule has 0 spiro atoms. The van der Waals surface area contributed by atoms with Crippen molar-refractivity contribution in [3.63, 3.8) is 0 Å². The van der Waals surface area contributed by atoms with Crippen LogP contribution in [0.2, 0.25) is 10.0 Å². The van der Waals surface area contributed by atoms with Crippen molar-refractivity contribution < 1.29 is 88.3 Å². The molecule has 0 radical (unpaired) electrons. The normalized spacial score (nSPS) is 19.9. The summed E-state index contributed by atoms with van der Waals surface area (Å²) in [5.41, 5.74) is 11.0. The third-order valence-electron chi connectivity index (χ3n) is 19.9. The second-order valence-electron chi connectivity index (χ2n) is 28.5. The number of fused-ring (bicyclic) bond motifs is 14. The summed E-state index contributed by atoms with van der Waals surface area (Å²) in [7, 11) is 3.63. The van der Waals surface area contributed by atoms with E-state index in [2.05, 4.69) is 54.8 Å². The molecule has 0 saturated heterocycles. The predicted molar refractivity (Wildman–Crippen MR) is 413 cm³/mol. The van der Waals surface area contributed by atoms with Crippen molar-refractivity contribution in [2.24, 2.45) is 11.5 Å². The van der Waals surface area contributed by atoms with Gasteiger partial charge in [0.05, 0.1) is 21.7 Å². The van der Waals surface area contributed by atoms with Gasteiger partial charge in [-0.25, -0.2) is 0 Å². The summed E-state index contributed by atoms with van der Waals surface area (Å²) in [6.07, 6.45) is 8.15. The number of rotatable bonds is 22. The Balaban J connectivity index is 1.02. The smallest absolute Gasteiger partial charge is 0.248 e. The molecule has 0 aliphatic carbocycles. The molecule has 6 heterocycles. The van der Waals surface area contributed by atoms with Gasteiger partial charge in [-0.2, -0.15) is 0 Å². The molecule has 9 atom stereocenters. The first-order valence-electron chi connectivity index (χ1n) is 37.1. The monoisotopic (exact) mass is 1580 g/mol. The van der Waals surface area contributed by atoms with Crippen molar-refractivity contribution in [1.82, 2.24) is 52.8 Å². The second kappa shape index (κ2) is 36.8. The topological polar surface area (TPSA) is 469 Å². The van der Waals surface area contributed by atoms with Crippen LogP contribution < -0.4 is 73.5 Å². The van der Waals surface area contributed by atoms with Gasteiger partial charge in [-0.3, -0.25) is 38.4 Å². The molecule has 6 aliphatic rings. The van der Waals surface area contributed by atoms with Gasteiger partial charge in [-0.15, -0.1) is 0 Å². The summed E-state index contributed by atoms with van der Waals surface area (Å²) in [4.78, 5) is 122. The van der Waals surface area contributed by atoms with Gasteiger partial charge in [0.2, 0.25) is 53.0 Å². The molecule has 594 valence electrons. The second-order valence-corrected chi connectivity index (χ2v) is 29.3. The summed E-state index contributed by atoms with van der Waals surface area (Å²) < 4.78 is 18.7. The fourth-order valence-corrected chi connectivity index (χ4v) is 14.2. The Morgan fingerprint density at radius 1 is 0.545 bits per heavy atom. The van der Waals surface area contributed by atoms with Crippen LogP contribution in [0.15, 0.2) is 109 Å². The van der Waals surface area contributed by atoms with Crippen molar-refractivity contribution in [3.8, 4) is 80.1 Å². The number of carbonyl (C=O) groups excluding carboxylic acids is 8. The average molecular weight is 1580 g/mol. The summed E-state index contributed by atoms with van der Waals surface area (Å²) in [5.74, 6) is -13.9. The van der Waals surface area contributed by atoms with Crippen molar-refractivity contribution in [2.75, 3.05) is 40.3 Å². The standard InChI is InChI=1S/C80H92Cl2N12O18/c1-4-5-6-7-8-9-10-12-25-86-73(102)53(83)15-11-13-24-85-39-50-57(98)38-49-63(71(50)100)48-32-42(18-20-55(48)96)65-77(106)93-69(80(109)92-68(49)76(105)87-26-14-27-94(2)3)70(99)43-19-23-59(52(82)33-43)112-62-36-45-35-61(72(62)101)111-58-22-16-40(28-51(58)81)29-54-74(103)89-66(78(107)91-67(45)79(108)90-65)44-30-46(95)37-47(31-44)110-60-34-41(17-21-56(60)97)64(84)75(104)88-54/h16-23,28,30-38,53-54,64-70,85,95-101H,4-15,24-27,29,39,83-84H2,1-3H3,(H,86,102)(H,87,105)(H,88,104)(H,89,103)(H,90,108)(H,91,107)(H,92,109)(H,93,106)/t53?,54-,64-,65-,66+,67-,68+,69+,70-/m1/s1. The van der Waals surface area contributed by atoms with Gasteiger partial charge in [0, 0.05) is 43.2 Å². The summed E-state index contributed by atoms with van der Waals surface area (Å²) >= 11 is 14.0. The van der Waals surface area contributed by atoms with Crippen molar-refractivity contribution in [2.45, 2.75) is 151 Å². The highest BCUT2D eigenvalue weighted by molar-refractivity contribution is 6.32. The van der Waals surface area contributed by atoms with Crippen molar-refractivity contribution in [3.05, 3.63) is 164 Å². The average Bonchev–Trinajstić information content (AvgIpc) is 0.752. The van der Waals surface area contributed by atoms with Crippen LogP contribution in [-0.4, -0.2) is 146 Å². The number of ether oxygens (including phenoxy) is 3. The number of nitrogens with zero attached hydrogens (tertiary/aromatic N) is 1. The molecule has 7 aromatic carbocycles. The zero-order chi connectivity index (χ0) is 80.2. The molecule has 7 aromatic rings. The zero-order valence-corrected chi connectivity index (χ0v) is 63.3. The van der Waals surface area contributed by atoms with Gasteiger partial charge in [0.25, 0.3) is 0 Å². The minimum atomic E-state index is -2.19. The third kappa shape index (κ3) is 19.6. The molecular formula is C80H92Cl2N12O18. The van der Waals surface area contributed by atoms with Crippen LogP contribution in [0.3, 0.4) is 0 Å². The van der Waals surface area contributed by atoms with E-state index in [0.29, 0.717) is 44.3 Å². The van der Waals surface area contributed by atoms with Crippen LogP contribution in [0, 0.1) is 0 Å². The molecule has 30 nitrogen and oxygen atoms in total. The van der Waals surface area contributed by atoms with E-state index in [1.807, 2.05) is 19.0 Å². The number of amides is 8. The number of benzene rings is 7. The molecule has 1 unspecified atom stereocenters. The number of aromatic hydroxyl groups is 6. The van der Waals surface area contributed by atoms with Crippen LogP contribution in [0.4, 0.5) is 0 Å². The molecule has 20 N–H and O–H groups in total. The number of aliphatic hydroxyl groups is 1. The van der Waals surface area contributed by atoms with E-state index in [1.54, 1.807) is 0 Å². The van der Waals surface area contributed by atoms with E-state index >= 15 is 24.0 Å². The van der Waals surface area contributed by atoms with E-state index < -0.39 is 142 Å². The van der Waals surface area contributed by atoms with Gasteiger partial charge < -0.3 is 114 Å². The minimum absolute atomic E-state index is 0.0168. The van der Waals surface area contributed by atoms with Crippen LogP contribution in [-0.2, 0) is 51.3 Å². The highest BCUT2D eigenvalue weighted by atomic mass is 35.5. The molecule has 17 bridgehead atoms. The number of aliphatic hydroxyl groups excluding tert-OH is 1. The van der Waals surface area contributed by atoms with Gasteiger partial charge in [0.1, 0.15) is 88.6 Å². The molecule has 0 saturated carbocycles. The highest BCUT2D eigenvalue weighted by Gasteiger charge is 2.42. The van der Waals surface area contributed by atoms with Crippen LogP contribution in [0.5, 0.6) is 69.0 Å². The lowest BCUT2D eigenvalue weighted by molar-refractivity contribution is -0.137. The van der Waals surface area contributed by atoms with Crippen LogP contribution in [0.25, 0.3) is 11.1 Å². The number of hydrogen-bond acceptors (Lipinski definition) is 22. The van der Waals surface area contributed by atoms with Crippen molar-refractivity contribution >= 4 is 70.5 Å². The molecule has 0 fully saturated rings. The Labute approximate surface area is 655 Å². The molecule has 112 heavy (non-hydrogen) atoms. The van der Waals surface area contributed by atoms with Crippen LogP contribution in [0.1, 0.15) is 165 Å². The summed E-state index contributed by atoms with van der Waals surface area (Å²) in [6.45, 7) is 3.21. The Kier molecular flexibility index (Phi) is 26.9. The van der Waals surface area contributed by atoms with Gasteiger partial charge in [-0.05, 0) is 171 Å². The first-order valence-corrected chi connectivity index (χ1v) is 37.9. The maximum absolute atomic E-state index is 16.2. The van der Waals surface area contributed by atoms with Gasteiger partial charge >= 0.3 is 0 Å². The first-order chi connectivity index (χ1) is 53.6. The number of hydrogen-bond donors (Lipinski definition) is 18. The van der Waals surface area contributed by atoms with E-state index in [9.17, 15) is 50.1 Å². The Morgan fingerprint density at radius 2 is 1.14 bits per heavy atom. The lowest BCUT2D eigenvalue weighted by Gasteiger charge is -2.32.